The summed E-state index contributed by atoms with van der Waals surface area (Å²) in [6, 6.07) is 9.69. The van der Waals surface area contributed by atoms with Crippen molar-refractivity contribution < 1.29 is 4.65 Å². The summed E-state index contributed by atoms with van der Waals surface area (Å²) < 4.78 is 7.64. The zero-order valence-corrected chi connectivity index (χ0v) is 17.7. The molecule has 2 aromatic heterocycles. The lowest BCUT2D eigenvalue weighted by molar-refractivity contribution is 0.364. The summed E-state index contributed by atoms with van der Waals surface area (Å²) in [6.07, 6.45) is 3.83. The van der Waals surface area contributed by atoms with E-state index in [9.17, 15) is 0 Å². The Hall–Kier alpha value is -1.61. The molecule has 0 fully saturated rings. The third-order valence-electron chi connectivity index (χ3n) is 4.11. The van der Waals surface area contributed by atoms with Crippen molar-refractivity contribution in [2.45, 2.75) is 12.8 Å². The average molecular weight is 450 g/mol. The maximum atomic E-state index is 6.36. The van der Waals surface area contributed by atoms with Gasteiger partial charge in [0.05, 0.1) is 16.4 Å². The Kier molecular flexibility index (Phi) is 7.12. The van der Waals surface area contributed by atoms with Crippen molar-refractivity contribution in [2.24, 2.45) is 0 Å². The van der Waals surface area contributed by atoms with Crippen molar-refractivity contribution in [2.75, 3.05) is 32.6 Å². The van der Waals surface area contributed by atoms with Crippen LogP contribution in [-0.4, -0.2) is 54.3 Å². The molecule has 0 bridgehead atoms. The van der Waals surface area contributed by atoms with Gasteiger partial charge in [0.1, 0.15) is 5.82 Å². The number of anilines is 1. The standard InChI is InChI=1S/C18H21BBrClN5O/c1-25(19-27-2)10-6-5-9-22-17-11-16(13-7-3-4-8-15(13)21)24-18-14(20)12-23-26(17)18/h3-4,7-8,11-12,22H,5-6,9-10H2,1-2H3. The second-order valence-electron chi connectivity index (χ2n) is 6.19. The number of aromatic nitrogens is 3. The summed E-state index contributed by atoms with van der Waals surface area (Å²) in [5, 5.41) is 8.56. The summed E-state index contributed by atoms with van der Waals surface area (Å²) >= 11 is 9.89. The van der Waals surface area contributed by atoms with Gasteiger partial charge in [-0.3, -0.25) is 0 Å². The predicted molar refractivity (Wildman–Crippen MR) is 114 cm³/mol. The molecule has 27 heavy (non-hydrogen) atoms. The molecule has 2 heterocycles. The van der Waals surface area contributed by atoms with Crippen LogP contribution in [0, 0.1) is 0 Å². The van der Waals surface area contributed by atoms with Crippen LogP contribution in [0.2, 0.25) is 5.02 Å². The molecule has 1 N–H and O–H groups in total. The fraction of sp³-hybridized carbons (Fsp3) is 0.333. The van der Waals surface area contributed by atoms with Crippen molar-refractivity contribution in [3.8, 4) is 11.3 Å². The van der Waals surface area contributed by atoms with E-state index in [1.54, 1.807) is 25.4 Å². The molecule has 0 aliphatic carbocycles. The summed E-state index contributed by atoms with van der Waals surface area (Å²) in [4.78, 5) is 6.75. The van der Waals surface area contributed by atoms with E-state index in [-0.39, 0.29) is 0 Å². The monoisotopic (exact) mass is 448 g/mol. The molecule has 3 rings (SSSR count). The average Bonchev–Trinajstić information content (AvgIpc) is 3.03. The number of nitrogens with one attached hydrogen (secondary N) is 1. The Morgan fingerprint density at radius 3 is 2.93 bits per heavy atom. The van der Waals surface area contributed by atoms with Crippen LogP contribution in [0.3, 0.4) is 0 Å². The van der Waals surface area contributed by atoms with E-state index in [0.717, 1.165) is 53.1 Å². The first kappa shape index (κ1) is 20.1. The first-order valence-corrected chi connectivity index (χ1v) is 9.86. The third-order valence-corrected chi connectivity index (χ3v) is 5.00. The molecule has 0 unspecified atom stereocenters. The first-order valence-electron chi connectivity index (χ1n) is 8.69. The van der Waals surface area contributed by atoms with E-state index in [4.69, 9.17) is 21.2 Å². The smallest absolute Gasteiger partial charge is 0.398 e. The lowest BCUT2D eigenvalue weighted by atomic mass is 10.1. The lowest BCUT2D eigenvalue weighted by Crippen LogP contribution is -2.25. The molecule has 0 saturated carbocycles. The number of hydrogen-bond acceptors (Lipinski definition) is 5. The summed E-state index contributed by atoms with van der Waals surface area (Å²) in [5.41, 5.74) is 2.46. The van der Waals surface area contributed by atoms with E-state index >= 15 is 0 Å². The van der Waals surface area contributed by atoms with Gasteiger partial charge in [-0.15, -0.1) is 0 Å². The first-order chi connectivity index (χ1) is 13.1. The molecule has 141 valence electrons. The van der Waals surface area contributed by atoms with Gasteiger partial charge in [-0.2, -0.15) is 9.61 Å². The molecular formula is C18H21BBrClN5O. The Labute approximate surface area is 173 Å². The van der Waals surface area contributed by atoms with Crippen molar-refractivity contribution >= 4 is 46.6 Å². The molecule has 3 aromatic rings. The molecule has 0 saturated heterocycles. The number of nitrogens with zero attached hydrogens (tertiary/aromatic N) is 4. The van der Waals surface area contributed by atoms with E-state index in [0.29, 0.717) is 5.02 Å². The minimum absolute atomic E-state index is 0.674. The normalized spacial score (nSPS) is 11.3. The van der Waals surface area contributed by atoms with Crippen LogP contribution >= 0.6 is 27.5 Å². The second-order valence-corrected chi connectivity index (χ2v) is 7.45. The Morgan fingerprint density at radius 2 is 2.15 bits per heavy atom. The zero-order chi connectivity index (χ0) is 19.2. The van der Waals surface area contributed by atoms with Crippen LogP contribution in [0.1, 0.15) is 12.8 Å². The fourth-order valence-electron chi connectivity index (χ4n) is 2.80. The molecule has 0 aliphatic rings. The highest BCUT2D eigenvalue weighted by Crippen LogP contribution is 2.30. The van der Waals surface area contributed by atoms with Crippen molar-refractivity contribution in [1.82, 2.24) is 19.4 Å². The predicted octanol–water partition coefficient (Wildman–Crippen LogP) is 4.12. The maximum absolute atomic E-state index is 6.36. The zero-order valence-electron chi connectivity index (χ0n) is 15.3. The summed E-state index contributed by atoms with van der Waals surface area (Å²) in [6.45, 7) is 1.78. The van der Waals surface area contributed by atoms with Crippen LogP contribution in [0.5, 0.6) is 0 Å². The maximum Gasteiger partial charge on any atom is 0.398 e. The number of benzene rings is 1. The molecule has 0 amide bonds. The Bertz CT molecular complexity index is 907. The van der Waals surface area contributed by atoms with Gasteiger partial charge in [-0.1, -0.05) is 29.8 Å². The molecule has 0 spiro atoms. The lowest BCUT2D eigenvalue weighted by Gasteiger charge is -2.14. The van der Waals surface area contributed by atoms with Crippen molar-refractivity contribution in [1.29, 1.82) is 0 Å². The number of rotatable bonds is 9. The molecule has 6 nitrogen and oxygen atoms in total. The van der Waals surface area contributed by atoms with Gasteiger partial charge < -0.3 is 14.8 Å². The van der Waals surface area contributed by atoms with Crippen LogP contribution in [-0.2, 0) is 4.65 Å². The highest BCUT2D eigenvalue weighted by molar-refractivity contribution is 9.10. The van der Waals surface area contributed by atoms with Gasteiger partial charge in [0.25, 0.3) is 0 Å². The van der Waals surface area contributed by atoms with Crippen LogP contribution in [0.15, 0.2) is 41.0 Å². The third kappa shape index (κ3) is 5.01. The van der Waals surface area contributed by atoms with Crippen LogP contribution in [0.4, 0.5) is 5.82 Å². The minimum Gasteiger partial charge on any atom is -0.427 e. The van der Waals surface area contributed by atoms with Crippen molar-refractivity contribution in [3.63, 3.8) is 0 Å². The van der Waals surface area contributed by atoms with Crippen LogP contribution in [0.25, 0.3) is 16.9 Å². The SMILES string of the molecule is CO[B]N(C)CCCCNc1cc(-c2ccccc2Cl)nc2c(Br)cnn12. The molecule has 9 heteroatoms. The van der Waals surface area contributed by atoms with Gasteiger partial charge in [0.2, 0.25) is 0 Å². The van der Waals surface area contributed by atoms with E-state index in [1.165, 1.54) is 0 Å². The largest absolute Gasteiger partial charge is 0.427 e. The summed E-state index contributed by atoms with van der Waals surface area (Å²) in [5.74, 6) is 0.887. The highest BCUT2D eigenvalue weighted by Gasteiger charge is 2.13. The topological polar surface area (TPSA) is 54.7 Å². The van der Waals surface area contributed by atoms with Gasteiger partial charge in [0, 0.05) is 30.3 Å². The van der Waals surface area contributed by atoms with Crippen LogP contribution < -0.4 is 5.32 Å². The number of unbranched alkanes of at least 4 members (excludes halogenated alkanes) is 1. The van der Waals surface area contributed by atoms with E-state index in [2.05, 4.69) is 26.3 Å². The van der Waals surface area contributed by atoms with Crippen molar-refractivity contribution in [3.05, 3.63) is 46.0 Å². The highest BCUT2D eigenvalue weighted by atomic mass is 79.9. The fourth-order valence-corrected chi connectivity index (χ4v) is 3.38. The minimum atomic E-state index is 0.674. The number of fused-ring (bicyclic) bond motifs is 1. The Morgan fingerprint density at radius 1 is 1.33 bits per heavy atom. The molecule has 0 aliphatic heterocycles. The van der Waals surface area contributed by atoms with E-state index < -0.39 is 0 Å². The van der Waals surface area contributed by atoms with Gasteiger partial charge >= 0.3 is 7.62 Å². The number of halogens is 2. The number of hydrogen-bond donors (Lipinski definition) is 1. The van der Waals surface area contributed by atoms with E-state index in [1.807, 2.05) is 42.2 Å². The van der Waals surface area contributed by atoms with Gasteiger partial charge in [-0.25, -0.2) is 4.98 Å². The molecule has 1 radical (unpaired) electrons. The quantitative estimate of drug-likeness (QED) is 0.394. The molecular weight excluding hydrogens is 428 g/mol. The molecule has 1 aromatic carbocycles. The van der Waals surface area contributed by atoms with Gasteiger partial charge in [-0.05, 0) is 48.4 Å². The Balaban J connectivity index is 1.75. The second kappa shape index (κ2) is 9.55. The molecule has 0 atom stereocenters. The van der Waals surface area contributed by atoms with Gasteiger partial charge in [0.15, 0.2) is 5.65 Å². The summed E-state index contributed by atoms with van der Waals surface area (Å²) in [7, 11) is 5.38.